The second kappa shape index (κ2) is 8.62. The van der Waals surface area contributed by atoms with Crippen LogP contribution in [0.1, 0.15) is 29.8 Å². The normalized spacial score (nSPS) is 11.6. The Bertz CT molecular complexity index is 869. The summed E-state index contributed by atoms with van der Waals surface area (Å²) in [6.07, 6.45) is 3.34. The minimum Gasteiger partial charge on any atom is -0.337 e. The van der Waals surface area contributed by atoms with Crippen molar-refractivity contribution < 1.29 is 13.2 Å². The van der Waals surface area contributed by atoms with E-state index in [9.17, 15) is 13.2 Å². The lowest BCUT2D eigenvalue weighted by molar-refractivity contribution is 0.0784. The molecule has 0 spiro atoms. The van der Waals surface area contributed by atoms with Crippen LogP contribution < -0.4 is 0 Å². The van der Waals surface area contributed by atoms with Gasteiger partial charge in [-0.05, 0) is 29.8 Å². The summed E-state index contributed by atoms with van der Waals surface area (Å²) in [5, 5.41) is 0.100. The minimum absolute atomic E-state index is 0.0523. The molecular formula is C18H22ClN3O3S. The average molecular weight is 396 g/mol. The standard InChI is InChI=1S/C18H22ClN3O3S/c1-4-22(5-2)26(24,25)17-11-15(8-9-16(17)19)18(23)21(3)13-14-7-6-10-20-12-14/h6-12H,4-5,13H2,1-3H3. The highest BCUT2D eigenvalue weighted by atomic mass is 35.5. The van der Waals surface area contributed by atoms with E-state index in [1.165, 1.54) is 27.4 Å². The Morgan fingerprint density at radius 1 is 1.19 bits per heavy atom. The molecule has 1 aromatic carbocycles. The van der Waals surface area contributed by atoms with E-state index in [0.29, 0.717) is 19.6 Å². The Kier molecular flexibility index (Phi) is 6.75. The van der Waals surface area contributed by atoms with Crippen molar-refractivity contribution >= 4 is 27.5 Å². The van der Waals surface area contributed by atoms with Crippen molar-refractivity contribution in [2.24, 2.45) is 0 Å². The number of amides is 1. The van der Waals surface area contributed by atoms with Crippen LogP contribution in [0.5, 0.6) is 0 Å². The molecule has 2 aromatic rings. The topological polar surface area (TPSA) is 70.6 Å². The average Bonchev–Trinajstić information content (AvgIpc) is 2.63. The SMILES string of the molecule is CCN(CC)S(=O)(=O)c1cc(C(=O)N(C)Cc2cccnc2)ccc1Cl. The maximum Gasteiger partial charge on any atom is 0.253 e. The van der Waals surface area contributed by atoms with Gasteiger partial charge in [-0.3, -0.25) is 9.78 Å². The summed E-state index contributed by atoms with van der Waals surface area (Å²) in [4.78, 5) is 18.2. The molecule has 1 amide bonds. The van der Waals surface area contributed by atoms with Gasteiger partial charge in [-0.1, -0.05) is 31.5 Å². The summed E-state index contributed by atoms with van der Waals surface area (Å²) in [5.74, 6) is -0.290. The first-order valence-electron chi connectivity index (χ1n) is 8.25. The zero-order chi connectivity index (χ0) is 19.3. The van der Waals surface area contributed by atoms with Gasteiger partial charge in [0.2, 0.25) is 10.0 Å². The molecule has 0 bridgehead atoms. The first kappa shape index (κ1) is 20.4. The molecule has 26 heavy (non-hydrogen) atoms. The van der Waals surface area contributed by atoms with Gasteiger partial charge in [-0.15, -0.1) is 0 Å². The van der Waals surface area contributed by atoms with Crippen LogP contribution in [0.2, 0.25) is 5.02 Å². The number of carbonyl (C=O) groups is 1. The van der Waals surface area contributed by atoms with E-state index in [1.807, 2.05) is 6.07 Å². The Morgan fingerprint density at radius 3 is 2.46 bits per heavy atom. The summed E-state index contributed by atoms with van der Waals surface area (Å²) in [6.45, 7) is 4.53. The number of benzene rings is 1. The number of sulfonamides is 1. The predicted molar refractivity (Wildman–Crippen MR) is 102 cm³/mol. The Balaban J connectivity index is 2.32. The van der Waals surface area contributed by atoms with Crippen LogP contribution >= 0.6 is 11.6 Å². The number of nitrogens with zero attached hydrogens (tertiary/aromatic N) is 3. The third-order valence-electron chi connectivity index (χ3n) is 3.99. The highest BCUT2D eigenvalue weighted by molar-refractivity contribution is 7.89. The van der Waals surface area contributed by atoms with Crippen molar-refractivity contribution in [2.75, 3.05) is 20.1 Å². The van der Waals surface area contributed by atoms with Crippen LogP contribution in [-0.4, -0.2) is 48.7 Å². The van der Waals surface area contributed by atoms with Gasteiger partial charge in [-0.2, -0.15) is 4.31 Å². The van der Waals surface area contributed by atoms with Gasteiger partial charge in [0.05, 0.1) is 5.02 Å². The van der Waals surface area contributed by atoms with Crippen molar-refractivity contribution in [3.8, 4) is 0 Å². The van der Waals surface area contributed by atoms with Crippen LogP contribution in [0.3, 0.4) is 0 Å². The second-order valence-corrected chi connectivity index (χ2v) is 8.07. The van der Waals surface area contributed by atoms with E-state index < -0.39 is 10.0 Å². The number of halogens is 1. The molecule has 1 heterocycles. The van der Waals surface area contributed by atoms with Crippen molar-refractivity contribution in [1.82, 2.24) is 14.2 Å². The van der Waals surface area contributed by atoms with E-state index in [4.69, 9.17) is 11.6 Å². The Morgan fingerprint density at radius 2 is 1.88 bits per heavy atom. The van der Waals surface area contributed by atoms with Crippen molar-refractivity contribution in [1.29, 1.82) is 0 Å². The molecule has 0 fully saturated rings. The number of hydrogen-bond acceptors (Lipinski definition) is 4. The molecule has 0 unspecified atom stereocenters. The van der Waals surface area contributed by atoms with Gasteiger partial charge in [0.15, 0.2) is 0 Å². The fourth-order valence-corrected chi connectivity index (χ4v) is 4.55. The highest BCUT2D eigenvalue weighted by Gasteiger charge is 2.26. The minimum atomic E-state index is -3.75. The summed E-state index contributed by atoms with van der Waals surface area (Å²) in [6, 6.07) is 7.99. The molecule has 0 aliphatic heterocycles. The van der Waals surface area contributed by atoms with Crippen LogP contribution in [-0.2, 0) is 16.6 Å². The molecular weight excluding hydrogens is 374 g/mol. The lowest BCUT2D eigenvalue weighted by atomic mass is 10.2. The first-order valence-corrected chi connectivity index (χ1v) is 10.1. The van der Waals surface area contributed by atoms with Gasteiger partial charge in [0.1, 0.15) is 4.90 Å². The monoisotopic (exact) mass is 395 g/mol. The van der Waals surface area contributed by atoms with Gasteiger partial charge in [0, 0.05) is 44.6 Å². The molecule has 0 atom stereocenters. The van der Waals surface area contributed by atoms with Crippen LogP contribution in [0.25, 0.3) is 0 Å². The van der Waals surface area contributed by atoms with E-state index in [2.05, 4.69) is 4.98 Å². The number of pyridine rings is 1. The molecule has 0 saturated heterocycles. The molecule has 8 heteroatoms. The van der Waals surface area contributed by atoms with E-state index >= 15 is 0 Å². The highest BCUT2D eigenvalue weighted by Crippen LogP contribution is 2.26. The number of aromatic nitrogens is 1. The Labute approximate surface area is 159 Å². The van der Waals surface area contributed by atoms with Crippen LogP contribution in [0.4, 0.5) is 0 Å². The van der Waals surface area contributed by atoms with Crippen molar-refractivity contribution in [3.63, 3.8) is 0 Å². The second-order valence-electron chi connectivity index (χ2n) is 5.76. The van der Waals surface area contributed by atoms with E-state index in [-0.39, 0.29) is 21.4 Å². The van der Waals surface area contributed by atoms with Crippen LogP contribution in [0, 0.1) is 0 Å². The molecule has 0 N–H and O–H groups in total. The molecule has 2 rings (SSSR count). The van der Waals surface area contributed by atoms with Crippen molar-refractivity contribution in [3.05, 3.63) is 58.9 Å². The fourth-order valence-electron chi connectivity index (χ4n) is 2.59. The number of rotatable bonds is 7. The summed E-state index contributed by atoms with van der Waals surface area (Å²) >= 11 is 6.11. The molecule has 6 nitrogen and oxygen atoms in total. The van der Waals surface area contributed by atoms with E-state index in [0.717, 1.165) is 5.56 Å². The lowest BCUT2D eigenvalue weighted by Crippen LogP contribution is -2.31. The number of hydrogen-bond donors (Lipinski definition) is 0. The predicted octanol–water partition coefficient (Wildman–Crippen LogP) is 3.04. The maximum atomic E-state index is 12.8. The molecule has 1 aromatic heterocycles. The maximum absolute atomic E-state index is 12.8. The van der Waals surface area contributed by atoms with Gasteiger partial charge >= 0.3 is 0 Å². The fraction of sp³-hybridized carbons (Fsp3) is 0.333. The quantitative estimate of drug-likeness (QED) is 0.722. The summed E-state index contributed by atoms with van der Waals surface area (Å²) < 4.78 is 26.8. The zero-order valence-corrected chi connectivity index (χ0v) is 16.6. The first-order chi connectivity index (χ1) is 12.3. The lowest BCUT2D eigenvalue weighted by Gasteiger charge is -2.21. The third-order valence-corrected chi connectivity index (χ3v) is 6.52. The molecule has 0 aliphatic rings. The molecule has 140 valence electrons. The third kappa shape index (κ3) is 4.41. The van der Waals surface area contributed by atoms with Crippen molar-refractivity contribution in [2.45, 2.75) is 25.3 Å². The van der Waals surface area contributed by atoms with Gasteiger partial charge in [0.25, 0.3) is 5.91 Å². The van der Waals surface area contributed by atoms with Crippen LogP contribution in [0.15, 0.2) is 47.6 Å². The van der Waals surface area contributed by atoms with E-state index in [1.54, 1.807) is 39.4 Å². The smallest absolute Gasteiger partial charge is 0.253 e. The zero-order valence-electron chi connectivity index (χ0n) is 15.0. The van der Waals surface area contributed by atoms with Gasteiger partial charge in [-0.25, -0.2) is 8.42 Å². The summed E-state index contributed by atoms with van der Waals surface area (Å²) in [5.41, 5.74) is 1.15. The largest absolute Gasteiger partial charge is 0.337 e. The Hall–Kier alpha value is -1.96. The molecule has 0 aliphatic carbocycles. The molecule has 0 radical (unpaired) electrons. The molecule has 0 saturated carbocycles. The van der Waals surface area contributed by atoms with Gasteiger partial charge < -0.3 is 4.90 Å². The summed E-state index contributed by atoms with van der Waals surface area (Å²) in [7, 11) is -2.10. The number of carbonyl (C=O) groups excluding carboxylic acids is 1.